The lowest BCUT2D eigenvalue weighted by Gasteiger charge is -2.22. The van der Waals surface area contributed by atoms with Gasteiger partial charge in [0.1, 0.15) is 18.8 Å². The van der Waals surface area contributed by atoms with Crippen LogP contribution < -0.4 is 14.8 Å². The largest absolute Gasteiger partial charge is 0.464 e. The lowest BCUT2D eigenvalue weighted by molar-refractivity contribution is -0.790. The molecule has 2 rings (SSSR count). The van der Waals surface area contributed by atoms with Crippen LogP contribution in [0.2, 0.25) is 0 Å². The second-order valence-electron chi connectivity index (χ2n) is 9.76. The Labute approximate surface area is 277 Å². The maximum atomic E-state index is 13.4. The molecule has 0 aliphatic heterocycles. The first kappa shape index (κ1) is 38.7. The lowest BCUT2D eigenvalue weighted by Crippen LogP contribution is -2.49. The molecule has 18 nitrogen and oxygen atoms in total. The smallest absolute Gasteiger partial charge is 0.329 e. The van der Waals surface area contributed by atoms with Crippen LogP contribution in [0.25, 0.3) is 0 Å². The SMILES string of the molecule is CC(=O)Oc1ccc(CC(OC(C)=O)C(=O)N[C@@H](CSCc2ccccc2)C(=O)OCCC(CO[N+](=O)[O-])O[N+](=O)[O-])cc1OC(C)=O. The summed E-state index contributed by atoms with van der Waals surface area (Å²) in [5.41, 5.74) is 1.25. The minimum Gasteiger partial charge on any atom is -0.464 e. The monoisotopic (exact) mass is 695 g/mol. The minimum absolute atomic E-state index is 0.0147. The van der Waals surface area contributed by atoms with Crippen LogP contribution in [0.3, 0.4) is 0 Å². The average Bonchev–Trinajstić information content (AvgIpc) is 2.99. The summed E-state index contributed by atoms with van der Waals surface area (Å²) in [7, 11) is 0. The van der Waals surface area contributed by atoms with E-state index in [0.29, 0.717) is 11.3 Å². The summed E-state index contributed by atoms with van der Waals surface area (Å²) in [6, 6.07) is 12.0. The number of nitrogens with zero attached hydrogens (tertiary/aromatic N) is 2. The number of carbonyl (C=O) groups excluding carboxylic acids is 5. The molecule has 0 spiro atoms. The Morgan fingerprint density at radius 2 is 1.52 bits per heavy atom. The molecule has 2 aromatic carbocycles. The van der Waals surface area contributed by atoms with Gasteiger partial charge in [0, 0.05) is 45.1 Å². The van der Waals surface area contributed by atoms with Gasteiger partial charge in [-0.05, 0) is 23.3 Å². The van der Waals surface area contributed by atoms with Gasteiger partial charge in [-0.2, -0.15) is 11.8 Å². The molecule has 1 N–H and O–H groups in total. The molecule has 48 heavy (non-hydrogen) atoms. The van der Waals surface area contributed by atoms with E-state index in [1.807, 2.05) is 30.3 Å². The zero-order valence-corrected chi connectivity index (χ0v) is 26.8. The molecule has 1 amide bonds. The normalized spacial score (nSPS) is 12.3. The van der Waals surface area contributed by atoms with Crippen LogP contribution in [0, 0.1) is 20.2 Å². The Balaban J connectivity index is 2.23. The maximum Gasteiger partial charge on any atom is 0.329 e. The van der Waals surface area contributed by atoms with Crippen LogP contribution >= 0.6 is 11.8 Å². The van der Waals surface area contributed by atoms with E-state index >= 15 is 0 Å². The van der Waals surface area contributed by atoms with Crippen LogP contribution in [0.5, 0.6) is 11.5 Å². The van der Waals surface area contributed by atoms with Gasteiger partial charge >= 0.3 is 23.9 Å². The van der Waals surface area contributed by atoms with Gasteiger partial charge in [0.2, 0.25) is 0 Å². The highest BCUT2D eigenvalue weighted by atomic mass is 32.2. The van der Waals surface area contributed by atoms with Gasteiger partial charge in [-0.3, -0.25) is 19.2 Å². The highest BCUT2D eigenvalue weighted by Crippen LogP contribution is 2.29. The van der Waals surface area contributed by atoms with Crippen molar-refractivity contribution in [1.82, 2.24) is 5.32 Å². The predicted octanol–water partition coefficient (Wildman–Crippen LogP) is 2.15. The standard InChI is InChI=1S/C29H33N3O15S/c1-18(33)44-25-10-9-22(13-26(25)45-19(2)34)14-27(46-20(3)35)28(36)30-24(17-48-16-21-7-5-4-6-8-21)29(37)42-12-11-23(47-32(40)41)15-43-31(38)39/h4-10,13,23-24,27H,11-12,14-17H2,1-3H3,(H,30,36)/t23?,24-,27?/m0/s1. The molecule has 0 heterocycles. The van der Waals surface area contributed by atoms with Crippen molar-refractivity contribution in [1.29, 1.82) is 0 Å². The van der Waals surface area contributed by atoms with Gasteiger partial charge in [0.15, 0.2) is 17.6 Å². The van der Waals surface area contributed by atoms with Crippen molar-refractivity contribution in [2.75, 3.05) is 19.0 Å². The van der Waals surface area contributed by atoms with Gasteiger partial charge in [-0.1, -0.05) is 36.4 Å². The number of rotatable bonds is 20. The number of thioether (sulfide) groups is 1. The molecule has 0 radical (unpaired) electrons. The third-order valence-corrected chi connectivity index (χ3v) is 6.93. The topological polar surface area (TPSA) is 239 Å². The molecule has 0 bridgehead atoms. The average molecular weight is 696 g/mol. The summed E-state index contributed by atoms with van der Waals surface area (Å²) >= 11 is 1.27. The highest BCUT2D eigenvalue weighted by molar-refractivity contribution is 7.98. The minimum atomic E-state index is -1.49. The molecule has 2 unspecified atom stereocenters. The van der Waals surface area contributed by atoms with Crippen LogP contribution in [-0.4, -0.2) is 77.2 Å². The zero-order chi connectivity index (χ0) is 35.6. The highest BCUT2D eigenvalue weighted by Gasteiger charge is 2.30. The molecular formula is C29H33N3O15S. The summed E-state index contributed by atoms with van der Waals surface area (Å²) < 4.78 is 20.6. The number of hydrogen-bond acceptors (Lipinski definition) is 16. The van der Waals surface area contributed by atoms with E-state index < -0.39 is 71.4 Å². The van der Waals surface area contributed by atoms with E-state index in [1.165, 1.54) is 30.0 Å². The molecule has 3 atom stereocenters. The Bertz CT molecular complexity index is 1460. The summed E-state index contributed by atoms with van der Waals surface area (Å²) in [5, 5.41) is 21.4. The number of amides is 1. The molecule has 19 heteroatoms. The number of hydrogen-bond donors (Lipinski definition) is 1. The third-order valence-electron chi connectivity index (χ3n) is 5.82. The van der Waals surface area contributed by atoms with Gasteiger partial charge in [0.05, 0.1) is 6.61 Å². The van der Waals surface area contributed by atoms with E-state index in [1.54, 1.807) is 0 Å². The fraction of sp³-hybridized carbons (Fsp3) is 0.414. The second-order valence-corrected chi connectivity index (χ2v) is 10.8. The van der Waals surface area contributed by atoms with Gasteiger partial charge in [0.25, 0.3) is 16.1 Å². The number of ether oxygens (including phenoxy) is 4. The van der Waals surface area contributed by atoms with Gasteiger partial charge in [-0.15, -0.1) is 20.2 Å². The van der Waals surface area contributed by atoms with Crippen molar-refractivity contribution in [2.45, 2.75) is 57.6 Å². The quantitative estimate of drug-likeness (QED) is 0.0903. The molecule has 0 aromatic heterocycles. The predicted molar refractivity (Wildman–Crippen MR) is 163 cm³/mol. The van der Waals surface area contributed by atoms with Crippen LogP contribution in [0.4, 0.5) is 0 Å². The van der Waals surface area contributed by atoms with E-state index in [2.05, 4.69) is 15.0 Å². The first-order valence-electron chi connectivity index (χ1n) is 14.1. The lowest BCUT2D eigenvalue weighted by atomic mass is 10.1. The fourth-order valence-corrected chi connectivity index (χ4v) is 4.88. The molecule has 0 saturated heterocycles. The molecular weight excluding hydrogens is 662 g/mol. The summed E-state index contributed by atoms with van der Waals surface area (Å²) in [6.07, 6.45) is -3.53. The van der Waals surface area contributed by atoms with E-state index in [9.17, 15) is 44.2 Å². The van der Waals surface area contributed by atoms with E-state index in [0.717, 1.165) is 26.3 Å². The third kappa shape index (κ3) is 15.2. The Morgan fingerprint density at radius 3 is 2.12 bits per heavy atom. The molecule has 0 saturated carbocycles. The molecule has 0 fully saturated rings. The van der Waals surface area contributed by atoms with Gasteiger partial charge < -0.3 is 33.9 Å². The molecule has 260 valence electrons. The Kier molecular flexibility index (Phi) is 16.1. The second kappa shape index (κ2) is 19.9. The zero-order valence-electron chi connectivity index (χ0n) is 26.0. The van der Waals surface area contributed by atoms with E-state index in [4.69, 9.17) is 18.9 Å². The number of nitrogens with one attached hydrogen (secondary N) is 1. The van der Waals surface area contributed by atoms with Crippen molar-refractivity contribution in [3.05, 3.63) is 79.9 Å². The first-order valence-corrected chi connectivity index (χ1v) is 15.2. The van der Waals surface area contributed by atoms with Crippen molar-refractivity contribution in [3.8, 4) is 11.5 Å². The number of benzene rings is 2. The Hall–Kier alpha value is -5.46. The van der Waals surface area contributed by atoms with Crippen LogP contribution in [0.1, 0.15) is 38.3 Å². The van der Waals surface area contributed by atoms with Crippen molar-refractivity contribution >= 4 is 41.5 Å². The van der Waals surface area contributed by atoms with Gasteiger partial charge in [-0.25, -0.2) is 4.79 Å². The molecule has 0 aliphatic rings. The fourth-order valence-electron chi connectivity index (χ4n) is 3.88. The molecule has 2 aromatic rings. The maximum absolute atomic E-state index is 13.4. The molecule has 0 aliphatic carbocycles. The summed E-state index contributed by atoms with van der Waals surface area (Å²) in [5.74, 6) is -3.82. The van der Waals surface area contributed by atoms with Crippen LogP contribution in [-0.2, 0) is 55.3 Å². The van der Waals surface area contributed by atoms with Crippen molar-refractivity contribution < 1.29 is 62.8 Å². The van der Waals surface area contributed by atoms with Crippen LogP contribution in [0.15, 0.2) is 48.5 Å². The summed E-state index contributed by atoms with van der Waals surface area (Å²) in [6.45, 7) is 2.06. The summed E-state index contributed by atoms with van der Waals surface area (Å²) in [4.78, 5) is 91.2. The van der Waals surface area contributed by atoms with Crippen molar-refractivity contribution in [2.24, 2.45) is 0 Å². The Morgan fingerprint density at radius 1 is 0.854 bits per heavy atom. The van der Waals surface area contributed by atoms with E-state index in [-0.39, 0.29) is 30.1 Å². The number of esters is 4. The van der Waals surface area contributed by atoms with Crippen molar-refractivity contribution in [3.63, 3.8) is 0 Å². The first-order chi connectivity index (χ1) is 22.7. The number of carbonyl (C=O) groups is 5.